The van der Waals surface area contributed by atoms with Gasteiger partial charge in [0.1, 0.15) is 13.1 Å². The van der Waals surface area contributed by atoms with E-state index in [9.17, 15) is 0 Å². The fraction of sp³-hybridized carbons (Fsp3) is 0.250. The maximum absolute atomic E-state index is 3.92. The van der Waals surface area contributed by atoms with Crippen LogP contribution in [0.4, 0.5) is 11.4 Å². The van der Waals surface area contributed by atoms with Crippen LogP contribution in [-0.4, -0.2) is 13.1 Å². The SMILES string of the molecule is [Cl-].[Cl-].[Cl-].[NH3+]CC[NH2+]c1ccccc1[NH3+]. The molecule has 0 spiro atoms. The van der Waals surface area contributed by atoms with E-state index in [2.05, 4.69) is 22.9 Å². The van der Waals surface area contributed by atoms with Crippen molar-refractivity contribution >= 4 is 11.4 Å². The molecule has 8 N–H and O–H groups in total. The lowest BCUT2D eigenvalue weighted by Crippen LogP contribution is -3.00. The monoisotopic (exact) mass is 259 g/mol. The number of nitrogens with two attached hydrogens (primary N) is 1. The molecular formula is C8H16Cl3N3. The third-order valence-corrected chi connectivity index (χ3v) is 1.62. The number of benzene rings is 1. The minimum absolute atomic E-state index is 0. The quantitative estimate of drug-likeness (QED) is 0.452. The molecule has 0 aromatic heterocycles. The van der Waals surface area contributed by atoms with Crippen molar-refractivity contribution < 1.29 is 54.0 Å². The highest BCUT2D eigenvalue weighted by molar-refractivity contribution is 5.49. The summed E-state index contributed by atoms with van der Waals surface area (Å²) >= 11 is 0. The molecule has 1 aromatic rings. The summed E-state index contributed by atoms with van der Waals surface area (Å²) in [6.07, 6.45) is 0. The lowest BCUT2D eigenvalue weighted by molar-refractivity contribution is -0.598. The van der Waals surface area contributed by atoms with Crippen molar-refractivity contribution in [3.05, 3.63) is 24.3 Å². The fourth-order valence-electron chi connectivity index (χ4n) is 0.991. The second-order valence-corrected chi connectivity index (χ2v) is 2.55. The zero-order valence-electron chi connectivity index (χ0n) is 7.85. The zero-order valence-corrected chi connectivity index (χ0v) is 10.1. The minimum Gasteiger partial charge on any atom is -1.00 e. The van der Waals surface area contributed by atoms with Crippen LogP contribution in [0.25, 0.3) is 0 Å². The van der Waals surface area contributed by atoms with Crippen molar-refractivity contribution in [1.82, 2.24) is 0 Å². The Morgan fingerprint density at radius 3 is 2.14 bits per heavy atom. The van der Waals surface area contributed by atoms with Crippen LogP contribution in [0.3, 0.4) is 0 Å². The van der Waals surface area contributed by atoms with Crippen LogP contribution in [0.5, 0.6) is 0 Å². The molecule has 0 aliphatic carbocycles. The van der Waals surface area contributed by atoms with E-state index < -0.39 is 0 Å². The number of halogens is 3. The van der Waals surface area contributed by atoms with Gasteiger partial charge in [-0.25, -0.2) is 0 Å². The van der Waals surface area contributed by atoms with E-state index in [-0.39, 0.29) is 37.2 Å². The number of quaternary nitrogens is 3. The molecule has 0 radical (unpaired) electrons. The predicted molar refractivity (Wildman–Crippen MR) is 43.2 cm³/mol. The first-order valence-electron chi connectivity index (χ1n) is 3.88. The molecule has 6 heteroatoms. The van der Waals surface area contributed by atoms with Crippen LogP contribution in [0.2, 0.25) is 0 Å². The second kappa shape index (κ2) is 11.0. The predicted octanol–water partition coefficient (Wildman–Crippen LogP) is -11.0. The van der Waals surface area contributed by atoms with Gasteiger partial charge in [0.05, 0.1) is 0 Å². The zero-order chi connectivity index (χ0) is 8.10. The topological polar surface area (TPSA) is 71.9 Å². The first-order chi connectivity index (χ1) is 5.34. The molecule has 0 aliphatic rings. The molecule has 0 amide bonds. The molecule has 1 rings (SSSR count). The van der Waals surface area contributed by atoms with Gasteiger partial charge < -0.3 is 54.0 Å². The van der Waals surface area contributed by atoms with Crippen molar-refractivity contribution in [2.75, 3.05) is 13.1 Å². The van der Waals surface area contributed by atoms with Crippen molar-refractivity contribution in [3.8, 4) is 0 Å². The maximum Gasteiger partial charge on any atom is 0.191 e. The number of para-hydroxylation sites is 1. The van der Waals surface area contributed by atoms with Gasteiger partial charge in [0.15, 0.2) is 11.4 Å². The van der Waals surface area contributed by atoms with E-state index in [1.165, 1.54) is 5.69 Å². The molecule has 3 nitrogen and oxygen atoms in total. The fourth-order valence-corrected chi connectivity index (χ4v) is 0.991. The molecule has 0 fully saturated rings. The highest BCUT2D eigenvalue weighted by Gasteiger charge is 2.02. The summed E-state index contributed by atoms with van der Waals surface area (Å²) in [7, 11) is 0. The summed E-state index contributed by atoms with van der Waals surface area (Å²) in [5.74, 6) is 0. The van der Waals surface area contributed by atoms with E-state index in [0.29, 0.717) is 0 Å². The number of hydrogen-bond acceptors (Lipinski definition) is 0. The molecule has 14 heavy (non-hydrogen) atoms. The molecule has 0 unspecified atom stereocenters. The van der Waals surface area contributed by atoms with Crippen LogP contribution in [0.15, 0.2) is 24.3 Å². The molecule has 0 heterocycles. The van der Waals surface area contributed by atoms with Crippen molar-refractivity contribution in [3.63, 3.8) is 0 Å². The molecule has 1 aromatic carbocycles. The van der Waals surface area contributed by atoms with E-state index in [1.54, 1.807) is 0 Å². The highest BCUT2D eigenvalue weighted by Crippen LogP contribution is 2.07. The number of hydrogen-bond donors (Lipinski definition) is 3. The van der Waals surface area contributed by atoms with Crippen molar-refractivity contribution in [1.29, 1.82) is 0 Å². The average molecular weight is 261 g/mol. The van der Waals surface area contributed by atoms with Gasteiger partial charge in [-0.05, 0) is 0 Å². The van der Waals surface area contributed by atoms with Crippen LogP contribution < -0.4 is 54.0 Å². The lowest BCUT2D eigenvalue weighted by atomic mass is 10.3. The standard InChI is InChI=1S/C8H13N3.3ClH/c9-5-6-11-8-4-2-1-3-7(8)10;;;/h1-4,11H,5-6,9-10H2;3*1H. The van der Waals surface area contributed by atoms with Gasteiger partial charge in [-0.15, -0.1) is 0 Å². The van der Waals surface area contributed by atoms with Crippen molar-refractivity contribution in [2.24, 2.45) is 0 Å². The Kier molecular flexibility index (Phi) is 15.4. The van der Waals surface area contributed by atoms with Gasteiger partial charge in [0.2, 0.25) is 0 Å². The van der Waals surface area contributed by atoms with Gasteiger partial charge in [-0.1, -0.05) is 12.1 Å². The van der Waals surface area contributed by atoms with Crippen LogP contribution in [0, 0.1) is 0 Å². The normalized spacial score (nSPS) is 7.86. The molecule has 84 valence electrons. The van der Waals surface area contributed by atoms with Gasteiger partial charge in [0, 0.05) is 12.1 Å². The molecule has 0 aliphatic heterocycles. The van der Waals surface area contributed by atoms with Crippen molar-refractivity contribution in [2.45, 2.75) is 0 Å². The highest BCUT2D eigenvalue weighted by atomic mass is 35.5. The Bertz CT molecular complexity index is 233. The van der Waals surface area contributed by atoms with Gasteiger partial charge in [-0.2, -0.15) is 0 Å². The smallest absolute Gasteiger partial charge is 0.191 e. The Morgan fingerprint density at radius 2 is 1.64 bits per heavy atom. The molecule has 0 saturated heterocycles. The summed E-state index contributed by atoms with van der Waals surface area (Å²) in [4.78, 5) is 0. The molecule has 0 saturated carbocycles. The minimum atomic E-state index is 0. The van der Waals surface area contributed by atoms with Gasteiger partial charge in [-0.3, -0.25) is 0 Å². The maximum atomic E-state index is 3.92. The van der Waals surface area contributed by atoms with E-state index in [4.69, 9.17) is 0 Å². The second-order valence-electron chi connectivity index (χ2n) is 2.55. The van der Waals surface area contributed by atoms with Crippen LogP contribution in [0.1, 0.15) is 0 Å². The van der Waals surface area contributed by atoms with E-state index in [0.717, 1.165) is 18.8 Å². The largest absolute Gasteiger partial charge is 1.00 e. The Balaban J connectivity index is -0.000000403. The summed E-state index contributed by atoms with van der Waals surface area (Å²) in [5.41, 5.74) is 10.0. The lowest BCUT2D eigenvalue weighted by Gasteiger charge is -1.97. The first-order valence-corrected chi connectivity index (χ1v) is 3.88. The number of rotatable bonds is 3. The van der Waals surface area contributed by atoms with Gasteiger partial charge >= 0.3 is 0 Å². The van der Waals surface area contributed by atoms with Crippen LogP contribution >= 0.6 is 0 Å². The van der Waals surface area contributed by atoms with Gasteiger partial charge in [0.25, 0.3) is 0 Å². The van der Waals surface area contributed by atoms with E-state index >= 15 is 0 Å². The Morgan fingerprint density at radius 1 is 1.07 bits per heavy atom. The van der Waals surface area contributed by atoms with E-state index in [1.807, 2.05) is 18.2 Å². The molecule has 0 atom stereocenters. The average Bonchev–Trinajstić information content (AvgIpc) is 2.03. The Hall–Kier alpha value is -0.0300. The molecule has 0 bridgehead atoms. The summed E-state index contributed by atoms with van der Waals surface area (Å²) in [6.45, 7) is 1.99. The van der Waals surface area contributed by atoms with Crippen LogP contribution in [-0.2, 0) is 0 Å². The summed E-state index contributed by atoms with van der Waals surface area (Å²) in [6, 6.07) is 8.14. The first kappa shape index (κ1) is 19.5. The third kappa shape index (κ3) is 6.43. The molecular weight excluding hydrogens is 244 g/mol. The third-order valence-electron chi connectivity index (χ3n) is 1.62. The summed E-state index contributed by atoms with van der Waals surface area (Å²) < 4.78 is 0. The summed E-state index contributed by atoms with van der Waals surface area (Å²) in [5, 5.41) is 2.18. The Labute approximate surface area is 103 Å².